The van der Waals surface area contributed by atoms with Crippen LogP contribution in [0.1, 0.15) is 15.9 Å². The summed E-state index contributed by atoms with van der Waals surface area (Å²) in [6.07, 6.45) is -1.10. The predicted octanol–water partition coefficient (Wildman–Crippen LogP) is 4.42. The van der Waals surface area contributed by atoms with Crippen LogP contribution < -0.4 is 25.4 Å². The van der Waals surface area contributed by atoms with Crippen molar-refractivity contribution in [3.8, 4) is 11.5 Å². The molecule has 2 rings (SSSR count). The Morgan fingerprint density at radius 3 is 2.38 bits per heavy atom. The Kier molecular flexibility index (Phi) is 8.22. The van der Waals surface area contributed by atoms with Crippen molar-refractivity contribution in [3.05, 3.63) is 53.6 Å². The number of benzene rings is 2. The molecule has 0 spiro atoms. The molecule has 0 heterocycles. The topological polar surface area (TPSA) is 71.6 Å². The zero-order chi connectivity index (χ0) is 21.6. The van der Waals surface area contributed by atoms with E-state index in [1.54, 1.807) is 43.5 Å². The third-order valence-electron chi connectivity index (χ3n) is 3.81. The van der Waals surface area contributed by atoms with Crippen molar-refractivity contribution in [2.45, 2.75) is 16.9 Å². The van der Waals surface area contributed by atoms with Gasteiger partial charge in [-0.2, -0.15) is 0 Å². The highest BCUT2D eigenvalue weighted by atomic mass is 35.6. The SMILES string of the molecule is COc1ccc(OC)c(NC(=S)N[C@@H](NC(=O)c2cccc(C)c2)C(Cl)(Cl)Cl)c1. The Morgan fingerprint density at radius 2 is 1.79 bits per heavy atom. The van der Waals surface area contributed by atoms with E-state index in [1.165, 1.54) is 7.11 Å². The minimum atomic E-state index is -1.87. The maximum absolute atomic E-state index is 12.6. The normalized spacial score (nSPS) is 11.9. The molecule has 0 aliphatic rings. The van der Waals surface area contributed by atoms with E-state index in [2.05, 4.69) is 16.0 Å². The van der Waals surface area contributed by atoms with Crippen LogP contribution in [0.3, 0.4) is 0 Å². The Morgan fingerprint density at radius 1 is 1.07 bits per heavy atom. The fourth-order valence-corrected chi connectivity index (χ4v) is 2.96. The monoisotopic (exact) mass is 475 g/mol. The fraction of sp³-hybridized carbons (Fsp3) is 0.263. The number of carbonyl (C=O) groups is 1. The fourth-order valence-electron chi connectivity index (χ4n) is 2.40. The number of methoxy groups -OCH3 is 2. The molecule has 0 fully saturated rings. The molecule has 0 aromatic heterocycles. The van der Waals surface area contributed by atoms with Crippen LogP contribution in [-0.4, -0.2) is 35.2 Å². The number of thiocarbonyl (C=S) groups is 1. The summed E-state index contributed by atoms with van der Waals surface area (Å²) >= 11 is 23.4. The molecule has 2 aromatic carbocycles. The maximum atomic E-state index is 12.6. The molecule has 6 nitrogen and oxygen atoms in total. The van der Waals surface area contributed by atoms with Gasteiger partial charge in [0.05, 0.1) is 19.9 Å². The van der Waals surface area contributed by atoms with Gasteiger partial charge in [0.15, 0.2) is 5.11 Å². The third-order valence-corrected chi connectivity index (χ3v) is 4.69. The number of amides is 1. The van der Waals surface area contributed by atoms with E-state index < -0.39 is 15.9 Å². The molecule has 29 heavy (non-hydrogen) atoms. The molecule has 1 amide bonds. The molecule has 2 aromatic rings. The lowest BCUT2D eigenvalue weighted by atomic mass is 10.1. The minimum Gasteiger partial charge on any atom is -0.497 e. The van der Waals surface area contributed by atoms with Crippen LogP contribution in [0.2, 0.25) is 0 Å². The number of hydrogen-bond donors (Lipinski definition) is 3. The van der Waals surface area contributed by atoms with Crippen molar-refractivity contribution in [3.63, 3.8) is 0 Å². The number of nitrogens with one attached hydrogen (secondary N) is 3. The number of rotatable bonds is 6. The summed E-state index contributed by atoms with van der Waals surface area (Å²) in [4.78, 5) is 12.6. The second-order valence-corrected chi connectivity index (χ2v) is 8.76. The van der Waals surface area contributed by atoms with Crippen LogP contribution in [0.15, 0.2) is 42.5 Å². The average Bonchev–Trinajstić information content (AvgIpc) is 2.66. The van der Waals surface area contributed by atoms with E-state index in [0.717, 1.165) is 5.56 Å². The lowest BCUT2D eigenvalue weighted by Crippen LogP contribution is -2.56. The van der Waals surface area contributed by atoms with Gasteiger partial charge in [-0.25, -0.2) is 0 Å². The molecule has 0 aliphatic heterocycles. The van der Waals surface area contributed by atoms with Gasteiger partial charge >= 0.3 is 0 Å². The molecule has 10 heteroatoms. The maximum Gasteiger partial charge on any atom is 0.252 e. The zero-order valence-corrected chi connectivity index (χ0v) is 19.0. The molecule has 0 bridgehead atoms. The van der Waals surface area contributed by atoms with Crippen molar-refractivity contribution in [1.29, 1.82) is 0 Å². The second kappa shape index (κ2) is 10.2. The molecule has 0 aliphatic carbocycles. The van der Waals surface area contributed by atoms with Gasteiger partial charge in [-0.05, 0) is 43.4 Å². The predicted molar refractivity (Wildman–Crippen MR) is 122 cm³/mol. The lowest BCUT2D eigenvalue weighted by molar-refractivity contribution is 0.0934. The van der Waals surface area contributed by atoms with E-state index in [9.17, 15) is 4.79 Å². The van der Waals surface area contributed by atoms with Crippen LogP contribution in [0, 0.1) is 6.92 Å². The van der Waals surface area contributed by atoms with Crippen molar-refractivity contribution in [2.24, 2.45) is 0 Å². The first kappa shape index (κ1) is 23.3. The summed E-state index contributed by atoms with van der Waals surface area (Å²) in [5, 5.41) is 8.50. The highest BCUT2D eigenvalue weighted by Gasteiger charge is 2.35. The van der Waals surface area contributed by atoms with Gasteiger partial charge in [0, 0.05) is 11.6 Å². The molecule has 0 unspecified atom stereocenters. The summed E-state index contributed by atoms with van der Waals surface area (Å²) in [7, 11) is 3.07. The standard InChI is InChI=1S/C19H20Cl3N3O3S/c1-11-5-4-6-12(9-11)16(26)24-17(19(20,21)22)25-18(29)23-14-10-13(27-2)7-8-15(14)28-3/h4-10,17H,1-3H3,(H,24,26)(H2,23,25,29)/t17-/m1/s1. The quantitative estimate of drug-likeness (QED) is 0.326. The van der Waals surface area contributed by atoms with Crippen LogP contribution in [0.25, 0.3) is 0 Å². The summed E-state index contributed by atoms with van der Waals surface area (Å²) in [6.45, 7) is 1.88. The molecule has 0 saturated heterocycles. The first-order valence-corrected chi connectivity index (χ1v) is 9.92. The van der Waals surface area contributed by atoms with Gasteiger partial charge in [0.2, 0.25) is 3.79 Å². The van der Waals surface area contributed by atoms with Crippen molar-refractivity contribution >= 4 is 63.7 Å². The number of ether oxygens (including phenoxy) is 2. The van der Waals surface area contributed by atoms with E-state index >= 15 is 0 Å². The number of anilines is 1. The van der Waals surface area contributed by atoms with Crippen LogP contribution >= 0.6 is 47.0 Å². The molecule has 0 radical (unpaired) electrons. The summed E-state index contributed by atoms with van der Waals surface area (Å²) in [5.74, 6) is 0.713. The zero-order valence-electron chi connectivity index (χ0n) is 15.9. The number of alkyl halides is 3. The number of carbonyl (C=O) groups excluding carboxylic acids is 1. The van der Waals surface area contributed by atoms with E-state index in [4.69, 9.17) is 56.5 Å². The first-order valence-electron chi connectivity index (χ1n) is 8.38. The Hall–Kier alpha value is -1.93. The third kappa shape index (κ3) is 6.82. The second-order valence-electron chi connectivity index (χ2n) is 5.98. The van der Waals surface area contributed by atoms with Gasteiger partial charge < -0.3 is 25.4 Å². The van der Waals surface area contributed by atoms with Gasteiger partial charge in [-0.1, -0.05) is 52.5 Å². The number of halogens is 3. The average molecular weight is 477 g/mol. The minimum absolute atomic E-state index is 0.109. The van der Waals surface area contributed by atoms with Gasteiger partial charge in [-0.15, -0.1) is 0 Å². The summed E-state index contributed by atoms with van der Waals surface area (Å²) in [6, 6.07) is 12.2. The van der Waals surface area contributed by atoms with Crippen LogP contribution in [-0.2, 0) is 0 Å². The molecule has 3 N–H and O–H groups in total. The van der Waals surface area contributed by atoms with Crippen molar-refractivity contribution in [1.82, 2.24) is 10.6 Å². The first-order chi connectivity index (χ1) is 13.6. The smallest absolute Gasteiger partial charge is 0.252 e. The number of hydrogen-bond acceptors (Lipinski definition) is 4. The number of aryl methyl sites for hydroxylation is 1. The van der Waals surface area contributed by atoms with E-state index in [-0.39, 0.29) is 5.11 Å². The molecular formula is C19H20Cl3N3O3S. The lowest BCUT2D eigenvalue weighted by Gasteiger charge is -2.28. The Balaban J connectivity index is 2.14. The van der Waals surface area contributed by atoms with Gasteiger partial charge in [0.25, 0.3) is 5.91 Å². The Bertz CT molecular complexity index is 890. The van der Waals surface area contributed by atoms with E-state index in [1.807, 2.05) is 13.0 Å². The van der Waals surface area contributed by atoms with E-state index in [0.29, 0.717) is 22.7 Å². The molecular weight excluding hydrogens is 457 g/mol. The molecule has 156 valence electrons. The van der Waals surface area contributed by atoms with Gasteiger partial charge in [-0.3, -0.25) is 4.79 Å². The Labute approximate surface area is 189 Å². The summed E-state index contributed by atoms with van der Waals surface area (Å²) in [5.41, 5.74) is 1.90. The molecule has 0 saturated carbocycles. The van der Waals surface area contributed by atoms with Crippen LogP contribution in [0.5, 0.6) is 11.5 Å². The summed E-state index contributed by atoms with van der Waals surface area (Å²) < 4.78 is 8.63. The van der Waals surface area contributed by atoms with Crippen LogP contribution in [0.4, 0.5) is 5.69 Å². The highest BCUT2D eigenvalue weighted by Crippen LogP contribution is 2.31. The molecule has 1 atom stereocenters. The largest absolute Gasteiger partial charge is 0.497 e. The van der Waals surface area contributed by atoms with Gasteiger partial charge in [0.1, 0.15) is 17.7 Å². The van der Waals surface area contributed by atoms with Crippen molar-refractivity contribution < 1.29 is 14.3 Å². The van der Waals surface area contributed by atoms with Crippen molar-refractivity contribution in [2.75, 3.05) is 19.5 Å². The highest BCUT2D eigenvalue weighted by molar-refractivity contribution is 7.80.